The van der Waals surface area contributed by atoms with Gasteiger partial charge in [0.15, 0.2) is 0 Å². The molecule has 1 rings (SSSR count). The first-order valence-corrected chi connectivity index (χ1v) is 5.37. The summed E-state index contributed by atoms with van der Waals surface area (Å²) in [4.78, 5) is 11.5. The molecule has 0 spiro atoms. The number of carbonyl (C=O) groups is 1. The van der Waals surface area contributed by atoms with Gasteiger partial charge in [0.1, 0.15) is 0 Å². The van der Waals surface area contributed by atoms with Gasteiger partial charge < -0.3 is 10.8 Å². The number of hydrogen-bond donors (Lipinski definition) is 2. The number of thiophene rings is 1. The van der Waals surface area contributed by atoms with Crippen LogP contribution in [0, 0.1) is 5.92 Å². The average Bonchev–Trinajstić information content (AvgIpc) is 2.49. The first-order valence-electron chi connectivity index (χ1n) is 3.76. The van der Waals surface area contributed by atoms with E-state index < -0.39 is 17.9 Å². The second kappa shape index (κ2) is 4.21. The summed E-state index contributed by atoms with van der Waals surface area (Å²) in [7, 11) is 0. The van der Waals surface area contributed by atoms with E-state index in [-0.39, 0.29) is 0 Å². The SMILES string of the molecule is CC(C(=O)O)C(N)c1ccc(Br)s1. The summed E-state index contributed by atoms with van der Waals surface area (Å²) in [5, 5.41) is 8.73. The standard InChI is InChI=1S/C8H10BrNO2S/c1-4(8(11)12)7(10)5-2-3-6(9)13-5/h2-4,7H,10H2,1H3,(H,11,12). The van der Waals surface area contributed by atoms with Crippen molar-refractivity contribution in [2.45, 2.75) is 13.0 Å². The summed E-state index contributed by atoms with van der Waals surface area (Å²) in [6, 6.07) is 3.29. The second-order valence-corrected chi connectivity index (χ2v) is 5.29. The third kappa shape index (κ3) is 2.52. The lowest BCUT2D eigenvalue weighted by atomic mass is 10.0. The van der Waals surface area contributed by atoms with Gasteiger partial charge in [0.25, 0.3) is 0 Å². The normalized spacial score (nSPS) is 15.3. The number of rotatable bonds is 3. The van der Waals surface area contributed by atoms with Gasteiger partial charge >= 0.3 is 5.97 Å². The summed E-state index contributed by atoms with van der Waals surface area (Å²) in [6.07, 6.45) is 0. The highest BCUT2D eigenvalue weighted by Crippen LogP contribution is 2.29. The molecule has 5 heteroatoms. The molecular weight excluding hydrogens is 254 g/mol. The molecule has 0 bridgehead atoms. The predicted octanol–water partition coefficient (Wildman–Crippen LogP) is 2.23. The third-order valence-corrected chi connectivity index (χ3v) is 3.58. The van der Waals surface area contributed by atoms with Crippen LogP contribution in [0.25, 0.3) is 0 Å². The molecule has 3 N–H and O–H groups in total. The fourth-order valence-corrected chi connectivity index (χ4v) is 2.44. The molecule has 0 aromatic carbocycles. The molecule has 0 aliphatic rings. The van der Waals surface area contributed by atoms with Gasteiger partial charge in [-0.3, -0.25) is 4.79 Å². The number of aliphatic carboxylic acids is 1. The molecule has 0 saturated heterocycles. The van der Waals surface area contributed by atoms with Crippen molar-refractivity contribution in [2.24, 2.45) is 11.7 Å². The number of nitrogens with two attached hydrogens (primary N) is 1. The molecule has 2 atom stereocenters. The lowest BCUT2D eigenvalue weighted by molar-refractivity contribution is -0.141. The van der Waals surface area contributed by atoms with Crippen LogP contribution >= 0.6 is 27.3 Å². The molecule has 1 aromatic heterocycles. The number of carboxylic acids is 1. The van der Waals surface area contributed by atoms with E-state index in [1.165, 1.54) is 11.3 Å². The highest BCUT2D eigenvalue weighted by atomic mass is 79.9. The number of carboxylic acid groups (broad SMARTS) is 1. The van der Waals surface area contributed by atoms with Gasteiger partial charge in [0.2, 0.25) is 0 Å². The van der Waals surface area contributed by atoms with Gasteiger partial charge in [-0.15, -0.1) is 11.3 Å². The summed E-state index contributed by atoms with van der Waals surface area (Å²) in [5.41, 5.74) is 5.76. The topological polar surface area (TPSA) is 63.3 Å². The fraction of sp³-hybridized carbons (Fsp3) is 0.375. The largest absolute Gasteiger partial charge is 0.481 e. The van der Waals surface area contributed by atoms with E-state index in [4.69, 9.17) is 10.8 Å². The Morgan fingerprint density at radius 2 is 2.31 bits per heavy atom. The average molecular weight is 264 g/mol. The van der Waals surface area contributed by atoms with Crippen molar-refractivity contribution in [2.75, 3.05) is 0 Å². The van der Waals surface area contributed by atoms with E-state index in [9.17, 15) is 4.79 Å². The van der Waals surface area contributed by atoms with Gasteiger partial charge in [0.05, 0.1) is 15.7 Å². The minimum Gasteiger partial charge on any atom is -0.481 e. The Balaban J connectivity index is 2.78. The minimum atomic E-state index is -0.864. The van der Waals surface area contributed by atoms with Crippen LogP contribution in [0.2, 0.25) is 0 Å². The van der Waals surface area contributed by atoms with Crippen LogP contribution in [0.3, 0.4) is 0 Å². The maximum atomic E-state index is 10.6. The molecule has 1 heterocycles. The molecule has 1 aromatic rings. The van der Waals surface area contributed by atoms with Gasteiger partial charge in [-0.2, -0.15) is 0 Å². The maximum Gasteiger partial charge on any atom is 0.308 e. The monoisotopic (exact) mass is 263 g/mol. The van der Waals surface area contributed by atoms with Gasteiger partial charge in [-0.25, -0.2) is 0 Å². The van der Waals surface area contributed by atoms with E-state index in [1.807, 2.05) is 12.1 Å². The zero-order valence-electron chi connectivity index (χ0n) is 7.03. The first kappa shape index (κ1) is 10.7. The Bertz CT molecular complexity index is 313. The lowest BCUT2D eigenvalue weighted by Crippen LogP contribution is -2.24. The number of halogens is 1. The summed E-state index contributed by atoms with van der Waals surface area (Å²) < 4.78 is 0.968. The van der Waals surface area contributed by atoms with Crippen molar-refractivity contribution in [1.29, 1.82) is 0 Å². The fourth-order valence-electron chi connectivity index (χ4n) is 0.907. The summed E-state index contributed by atoms with van der Waals surface area (Å²) in [6.45, 7) is 1.61. The molecule has 2 unspecified atom stereocenters. The van der Waals surface area contributed by atoms with Crippen LogP contribution in [0.4, 0.5) is 0 Å². The van der Waals surface area contributed by atoms with Crippen molar-refractivity contribution >= 4 is 33.2 Å². The Labute approximate surface area is 88.7 Å². The van der Waals surface area contributed by atoms with Crippen LogP contribution in [0.1, 0.15) is 17.8 Å². The van der Waals surface area contributed by atoms with Gasteiger partial charge in [0, 0.05) is 4.88 Å². The van der Waals surface area contributed by atoms with Crippen molar-refractivity contribution in [3.63, 3.8) is 0 Å². The zero-order valence-corrected chi connectivity index (χ0v) is 9.43. The Hall–Kier alpha value is -0.390. The molecule has 13 heavy (non-hydrogen) atoms. The number of hydrogen-bond acceptors (Lipinski definition) is 3. The van der Waals surface area contributed by atoms with Crippen LogP contribution < -0.4 is 5.73 Å². The van der Waals surface area contributed by atoms with Crippen LogP contribution in [-0.2, 0) is 4.79 Å². The smallest absolute Gasteiger partial charge is 0.308 e. The first-order chi connectivity index (χ1) is 6.02. The van der Waals surface area contributed by atoms with Gasteiger partial charge in [-0.05, 0) is 28.1 Å². The molecular formula is C8H10BrNO2S. The van der Waals surface area contributed by atoms with Crippen LogP contribution in [-0.4, -0.2) is 11.1 Å². The highest BCUT2D eigenvalue weighted by Gasteiger charge is 2.22. The Morgan fingerprint density at radius 3 is 2.69 bits per heavy atom. The molecule has 0 amide bonds. The Kier molecular flexibility index (Phi) is 3.47. The van der Waals surface area contributed by atoms with Gasteiger partial charge in [-0.1, -0.05) is 6.92 Å². The van der Waals surface area contributed by atoms with Crippen molar-refractivity contribution in [1.82, 2.24) is 0 Å². The minimum absolute atomic E-state index is 0.422. The van der Waals surface area contributed by atoms with E-state index in [2.05, 4.69) is 15.9 Å². The van der Waals surface area contributed by atoms with Crippen molar-refractivity contribution in [3.05, 3.63) is 20.8 Å². The van der Waals surface area contributed by atoms with Crippen LogP contribution in [0.15, 0.2) is 15.9 Å². The third-order valence-electron chi connectivity index (χ3n) is 1.85. The molecule has 0 aliphatic carbocycles. The second-order valence-electron chi connectivity index (χ2n) is 2.79. The molecule has 3 nitrogen and oxygen atoms in total. The molecule has 0 radical (unpaired) electrons. The zero-order chi connectivity index (χ0) is 10.0. The van der Waals surface area contributed by atoms with E-state index in [0.29, 0.717) is 0 Å². The maximum absolute atomic E-state index is 10.6. The lowest BCUT2D eigenvalue weighted by Gasteiger charge is -2.13. The Morgan fingerprint density at radius 1 is 1.69 bits per heavy atom. The van der Waals surface area contributed by atoms with Crippen molar-refractivity contribution in [3.8, 4) is 0 Å². The summed E-state index contributed by atoms with van der Waals surface area (Å²) >= 11 is 4.77. The van der Waals surface area contributed by atoms with Crippen LogP contribution in [0.5, 0.6) is 0 Å². The molecule has 0 aliphatic heterocycles. The quantitative estimate of drug-likeness (QED) is 0.879. The molecule has 72 valence electrons. The summed E-state index contributed by atoms with van der Waals surface area (Å²) in [5.74, 6) is -1.41. The van der Waals surface area contributed by atoms with Crippen molar-refractivity contribution < 1.29 is 9.90 Å². The predicted molar refractivity (Wildman–Crippen MR) is 55.7 cm³/mol. The van der Waals surface area contributed by atoms with E-state index >= 15 is 0 Å². The van der Waals surface area contributed by atoms with E-state index in [1.54, 1.807) is 6.92 Å². The molecule has 0 fully saturated rings. The highest BCUT2D eigenvalue weighted by molar-refractivity contribution is 9.11. The van der Waals surface area contributed by atoms with E-state index in [0.717, 1.165) is 8.66 Å². The molecule has 0 saturated carbocycles.